The smallest absolute Gasteiger partial charge is 0.339 e. The molecule has 0 fully saturated rings. The Hall–Kier alpha value is -2.18. The fourth-order valence-electron chi connectivity index (χ4n) is 3.09. The van der Waals surface area contributed by atoms with Crippen molar-refractivity contribution in [3.05, 3.63) is 59.2 Å². The second-order valence-corrected chi connectivity index (χ2v) is 9.73. The van der Waals surface area contributed by atoms with E-state index < -0.39 is 15.8 Å². The number of esters is 1. The highest BCUT2D eigenvalue weighted by Gasteiger charge is 2.25. The number of hydrogen-bond acceptors (Lipinski definition) is 5. The van der Waals surface area contributed by atoms with Crippen LogP contribution in [-0.4, -0.2) is 27.0 Å². The van der Waals surface area contributed by atoms with Crippen molar-refractivity contribution >= 4 is 15.8 Å². The lowest BCUT2D eigenvalue weighted by Crippen LogP contribution is -2.17. The highest BCUT2D eigenvalue weighted by atomic mass is 32.2. The van der Waals surface area contributed by atoms with E-state index in [0.717, 1.165) is 24.0 Å². The number of rotatable bonds is 9. The first-order valence-corrected chi connectivity index (χ1v) is 11.5. The lowest BCUT2D eigenvalue weighted by molar-refractivity contribution is 0.0521. The Morgan fingerprint density at radius 1 is 1.03 bits per heavy atom. The number of aryl methyl sites for hydroxylation is 1. The van der Waals surface area contributed by atoms with Crippen LogP contribution in [0, 0.1) is 5.92 Å². The lowest BCUT2D eigenvalue weighted by Gasteiger charge is -2.13. The molecule has 1 atom stereocenters. The summed E-state index contributed by atoms with van der Waals surface area (Å²) in [6.07, 6.45) is 2.39. The predicted octanol–water partition coefficient (Wildman–Crippen LogP) is 4.17. The fraction of sp³-hybridized carbons (Fsp3) is 0.435. The summed E-state index contributed by atoms with van der Waals surface area (Å²) in [4.78, 5) is 12.6. The predicted molar refractivity (Wildman–Crippen MR) is 115 cm³/mol. The van der Waals surface area contributed by atoms with Crippen LogP contribution in [-0.2, 0) is 27.4 Å². The quantitative estimate of drug-likeness (QED) is 0.619. The molecule has 6 heteroatoms. The molecule has 0 saturated carbocycles. The summed E-state index contributed by atoms with van der Waals surface area (Å²) in [6.45, 7) is 8.03. The van der Waals surface area contributed by atoms with Gasteiger partial charge in [-0.25, -0.2) is 13.2 Å². The van der Waals surface area contributed by atoms with E-state index in [9.17, 15) is 13.2 Å². The molecule has 0 radical (unpaired) electrons. The largest absolute Gasteiger partial charge is 0.462 e. The average molecular weight is 418 g/mol. The maximum absolute atomic E-state index is 13.2. The van der Waals surface area contributed by atoms with Crippen molar-refractivity contribution in [3.63, 3.8) is 0 Å². The molecule has 0 amide bonds. The topological polar surface area (TPSA) is 86.5 Å². The molecular weight excluding hydrogens is 386 g/mol. The summed E-state index contributed by atoms with van der Waals surface area (Å²) in [6, 6.07) is 11.6. The molecule has 0 saturated heterocycles. The van der Waals surface area contributed by atoms with Crippen LogP contribution >= 0.6 is 0 Å². The monoisotopic (exact) mass is 417 g/mol. The molecule has 0 heterocycles. The maximum atomic E-state index is 13.2. The Morgan fingerprint density at radius 3 is 2.21 bits per heavy atom. The van der Waals surface area contributed by atoms with Gasteiger partial charge in [-0.3, -0.25) is 0 Å². The first-order valence-electron chi connectivity index (χ1n) is 10.0. The summed E-state index contributed by atoms with van der Waals surface area (Å²) in [5, 5.41) is 0. The van der Waals surface area contributed by atoms with Crippen molar-refractivity contribution in [2.24, 2.45) is 11.7 Å². The van der Waals surface area contributed by atoms with Gasteiger partial charge in [0.25, 0.3) is 0 Å². The molecule has 0 unspecified atom stereocenters. The molecule has 0 aliphatic rings. The highest BCUT2D eigenvalue weighted by Crippen LogP contribution is 2.27. The van der Waals surface area contributed by atoms with Gasteiger partial charge in [0, 0.05) is 6.04 Å². The number of carbonyl (C=O) groups is 1. The summed E-state index contributed by atoms with van der Waals surface area (Å²) >= 11 is 0. The molecule has 2 rings (SSSR count). The van der Waals surface area contributed by atoms with Crippen molar-refractivity contribution in [2.45, 2.75) is 62.8 Å². The van der Waals surface area contributed by atoms with E-state index in [4.69, 9.17) is 10.5 Å². The van der Waals surface area contributed by atoms with Crippen LogP contribution in [0.2, 0.25) is 0 Å². The van der Waals surface area contributed by atoms with Crippen LogP contribution in [0.4, 0.5) is 0 Å². The fourth-order valence-corrected chi connectivity index (χ4v) is 4.52. The van der Waals surface area contributed by atoms with Crippen molar-refractivity contribution in [3.8, 4) is 0 Å². The molecule has 2 aromatic rings. The van der Waals surface area contributed by atoms with Crippen molar-refractivity contribution in [1.82, 2.24) is 0 Å². The van der Waals surface area contributed by atoms with E-state index in [2.05, 4.69) is 13.8 Å². The minimum Gasteiger partial charge on any atom is -0.462 e. The van der Waals surface area contributed by atoms with Crippen molar-refractivity contribution in [1.29, 1.82) is 0 Å². The van der Waals surface area contributed by atoms with E-state index in [1.165, 1.54) is 6.07 Å². The third-order valence-corrected chi connectivity index (χ3v) is 6.46. The number of ether oxygens (including phenoxy) is 1. The van der Waals surface area contributed by atoms with Crippen LogP contribution < -0.4 is 5.73 Å². The number of hydrogen-bond donors (Lipinski definition) is 1. The van der Waals surface area contributed by atoms with Crippen LogP contribution in [0.1, 0.15) is 55.6 Å². The minimum atomic E-state index is -3.86. The zero-order chi connectivity index (χ0) is 21.6. The van der Waals surface area contributed by atoms with Crippen LogP contribution in [0.15, 0.2) is 52.3 Å². The van der Waals surface area contributed by atoms with Gasteiger partial charge >= 0.3 is 5.97 Å². The maximum Gasteiger partial charge on any atom is 0.339 e. The molecule has 158 valence electrons. The molecule has 0 bridgehead atoms. The number of nitrogens with two attached hydrogens (primary N) is 1. The van der Waals surface area contributed by atoms with Gasteiger partial charge in [-0.05, 0) is 74.4 Å². The summed E-state index contributed by atoms with van der Waals surface area (Å²) in [5.41, 5.74) is 7.79. The van der Waals surface area contributed by atoms with Crippen LogP contribution in [0.25, 0.3) is 0 Å². The first kappa shape index (κ1) is 23.1. The molecule has 0 spiro atoms. The molecule has 0 aliphatic heterocycles. The van der Waals surface area contributed by atoms with Crippen molar-refractivity contribution in [2.75, 3.05) is 6.61 Å². The Labute approximate surface area is 174 Å². The number of benzene rings is 2. The van der Waals surface area contributed by atoms with E-state index in [0.29, 0.717) is 12.3 Å². The molecule has 0 aromatic heterocycles. The number of carbonyl (C=O) groups excluding carboxylic acids is 1. The summed E-state index contributed by atoms with van der Waals surface area (Å²) in [7, 11) is -3.86. The zero-order valence-corrected chi connectivity index (χ0v) is 18.5. The Bertz CT molecular complexity index is 932. The van der Waals surface area contributed by atoms with Gasteiger partial charge in [0.15, 0.2) is 0 Å². The molecule has 5 nitrogen and oxygen atoms in total. The average Bonchev–Trinajstić information content (AvgIpc) is 2.66. The molecule has 29 heavy (non-hydrogen) atoms. The SMILES string of the molecule is CCOC(=O)c1cc(CCC(C)C)ccc1S(=O)(=O)c1ccc(C[C@@H](C)N)cc1. The summed E-state index contributed by atoms with van der Waals surface area (Å²) in [5.74, 6) is -0.106. The van der Waals surface area contributed by atoms with Gasteiger partial charge in [0.2, 0.25) is 9.84 Å². The zero-order valence-electron chi connectivity index (χ0n) is 17.6. The standard InChI is InChI=1S/C23H31NO4S/c1-5-28-23(25)21-15-19(7-6-16(2)3)10-13-22(21)29(26,27)20-11-8-18(9-12-20)14-17(4)24/h8-13,15-17H,5-7,14,24H2,1-4H3/t17-/m1/s1. The molecule has 2 N–H and O–H groups in total. The van der Waals surface area contributed by atoms with Gasteiger partial charge in [-0.1, -0.05) is 32.0 Å². The highest BCUT2D eigenvalue weighted by molar-refractivity contribution is 7.91. The normalized spacial score (nSPS) is 12.8. The van der Waals surface area contributed by atoms with Gasteiger partial charge < -0.3 is 10.5 Å². The summed E-state index contributed by atoms with van der Waals surface area (Å²) < 4.78 is 31.6. The van der Waals surface area contributed by atoms with Crippen LogP contribution in [0.5, 0.6) is 0 Å². The molecular formula is C23H31NO4S. The third-order valence-electron chi connectivity index (χ3n) is 4.63. The molecule has 0 aliphatic carbocycles. The van der Waals surface area contributed by atoms with E-state index >= 15 is 0 Å². The van der Waals surface area contributed by atoms with E-state index in [1.807, 2.05) is 6.92 Å². The third kappa shape index (κ3) is 6.15. The Kier molecular flexibility index (Phi) is 7.99. The first-order chi connectivity index (χ1) is 13.6. The second-order valence-electron chi connectivity index (χ2n) is 7.81. The minimum absolute atomic E-state index is 0.00810. The lowest BCUT2D eigenvalue weighted by atomic mass is 10.0. The number of sulfone groups is 1. The van der Waals surface area contributed by atoms with Gasteiger partial charge in [-0.15, -0.1) is 0 Å². The van der Waals surface area contributed by atoms with Crippen LogP contribution in [0.3, 0.4) is 0 Å². The Morgan fingerprint density at radius 2 is 1.66 bits per heavy atom. The second kappa shape index (κ2) is 10.0. The van der Waals surface area contributed by atoms with E-state index in [-0.39, 0.29) is 28.0 Å². The van der Waals surface area contributed by atoms with E-state index in [1.54, 1.807) is 43.3 Å². The Balaban J connectivity index is 2.45. The van der Waals surface area contributed by atoms with Gasteiger partial charge in [-0.2, -0.15) is 0 Å². The molecule has 2 aromatic carbocycles. The van der Waals surface area contributed by atoms with Gasteiger partial charge in [0.1, 0.15) is 0 Å². The van der Waals surface area contributed by atoms with Crippen molar-refractivity contribution < 1.29 is 17.9 Å². The van der Waals surface area contributed by atoms with Gasteiger partial charge in [0.05, 0.1) is 22.0 Å².